The van der Waals surface area contributed by atoms with Gasteiger partial charge in [-0.25, -0.2) is 4.68 Å². The van der Waals surface area contributed by atoms with Crippen LogP contribution in [0.2, 0.25) is 0 Å². The second-order valence-electron chi connectivity index (χ2n) is 4.34. The molecule has 0 aliphatic heterocycles. The number of hydrogen-bond acceptors (Lipinski definition) is 3. The van der Waals surface area contributed by atoms with Crippen LogP contribution in [0.1, 0.15) is 38.6 Å². The summed E-state index contributed by atoms with van der Waals surface area (Å²) < 4.78 is 27.7. The van der Waals surface area contributed by atoms with Crippen LogP contribution < -0.4 is 5.32 Å². The Balaban J connectivity index is 1.98. The van der Waals surface area contributed by atoms with Crippen molar-refractivity contribution in [3.8, 4) is 0 Å². The first-order chi connectivity index (χ1) is 9.11. The minimum Gasteiger partial charge on any atom is -0.363 e. The lowest BCUT2D eigenvalue weighted by atomic mass is 10.3. The second kappa shape index (κ2) is 5.81. The molecule has 0 bridgehead atoms. The molecular formula is C12H17F2N5. The molecule has 104 valence electrons. The second-order valence-corrected chi connectivity index (χ2v) is 4.34. The molecule has 2 aromatic heterocycles. The van der Waals surface area contributed by atoms with Gasteiger partial charge in [0.2, 0.25) is 0 Å². The molecule has 2 heterocycles. The number of hydrogen-bond donors (Lipinski definition) is 1. The van der Waals surface area contributed by atoms with Crippen LogP contribution in [-0.4, -0.2) is 19.6 Å². The third kappa shape index (κ3) is 3.10. The Morgan fingerprint density at radius 2 is 2.16 bits per heavy atom. The fourth-order valence-electron chi connectivity index (χ4n) is 1.70. The van der Waals surface area contributed by atoms with Crippen LogP contribution in [0.4, 0.5) is 14.6 Å². The van der Waals surface area contributed by atoms with Crippen LogP contribution in [0.3, 0.4) is 0 Å². The quantitative estimate of drug-likeness (QED) is 0.876. The number of alkyl halides is 2. The van der Waals surface area contributed by atoms with Gasteiger partial charge >= 0.3 is 6.55 Å². The van der Waals surface area contributed by atoms with Gasteiger partial charge in [-0.2, -0.15) is 19.0 Å². The fourth-order valence-corrected chi connectivity index (χ4v) is 1.70. The van der Waals surface area contributed by atoms with Gasteiger partial charge in [-0.15, -0.1) is 0 Å². The number of nitrogens with zero attached hydrogens (tertiary/aromatic N) is 4. The highest BCUT2D eigenvalue weighted by Gasteiger charge is 2.11. The SMILES string of the molecule is CCC(C)n1ccc(NCc2ccnn2C(F)F)n1. The van der Waals surface area contributed by atoms with Crippen LogP contribution in [0, 0.1) is 0 Å². The lowest BCUT2D eigenvalue weighted by molar-refractivity contribution is 0.0537. The van der Waals surface area contributed by atoms with Crippen LogP contribution >= 0.6 is 0 Å². The Morgan fingerprint density at radius 1 is 1.37 bits per heavy atom. The average molecular weight is 269 g/mol. The number of halogens is 2. The van der Waals surface area contributed by atoms with E-state index < -0.39 is 6.55 Å². The zero-order valence-corrected chi connectivity index (χ0v) is 10.9. The molecule has 7 heteroatoms. The number of nitrogens with one attached hydrogen (secondary N) is 1. The maximum absolute atomic E-state index is 12.6. The molecule has 0 spiro atoms. The summed E-state index contributed by atoms with van der Waals surface area (Å²) in [6.07, 6.45) is 4.22. The summed E-state index contributed by atoms with van der Waals surface area (Å²) in [6, 6.07) is 3.71. The molecule has 0 radical (unpaired) electrons. The molecule has 5 nitrogen and oxygen atoms in total. The smallest absolute Gasteiger partial charge is 0.333 e. The van der Waals surface area contributed by atoms with E-state index in [1.54, 1.807) is 6.07 Å². The summed E-state index contributed by atoms with van der Waals surface area (Å²) in [5.41, 5.74) is 0.424. The topological polar surface area (TPSA) is 47.7 Å². The predicted molar refractivity (Wildman–Crippen MR) is 68.0 cm³/mol. The summed E-state index contributed by atoms with van der Waals surface area (Å²) in [5.74, 6) is 0.669. The predicted octanol–water partition coefficient (Wildman–Crippen LogP) is 3.06. The molecule has 1 N–H and O–H groups in total. The highest BCUT2D eigenvalue weighted by Crippen LogP contribution is 2.15. The van der Waals surface area contributed by atoms with Gasteiger partial charge in [-0.05, 0) is 19.4 Å². The number of rotatable bonds is 6. The first-order valence-corrected chi connectivity index (χ1v) is 6.21. The maximum atomic E-state index is 12.6. The van der Waals surface area contributed by atoms with Crippen molar-refractivity contribution in [3.63, 3.8) is 0 Å². The normalized spacial score (nSPS) is 12.9. The maximum Gasteiger partial charge on any atom is 0.333 e. The van der Waals surface area contributed by atoms with E-state index in [2.05, 4.69) is 29.4 Å². The Hall–Kier alpha value is -1.92. The Kier molecular flexibility index (Phi) is 4.13. The van der Waals surface area contributed by atoms with E-state index in [1.807, 2.05) is 16.9 Å². The van der Waals surface area contributed by atoms with Gasteiger partial charge in [0.05, 0.1) is 12.2 Å². The van der Waals surface area contributed by atoms with Gasteiger partial charge in [0, 0.05) is 24.5 Å². The summed E-state index contributed by atoms with van der Waals surface area (Å²) in [4.78, 5) is 0. The monoisotopic (exact) mass is 269 g/mol. The van der Waals surface area contributed by atoms with Gasteiger partial charge in [0.25, 0.3) is 0 Å². The van der Waals surface area contributed by atoms with Crippen LogP contribution in [-0.2, 0) is 6.54 Å². The van der Waals surface area contributed by atoms with E-state index in [0.717, 1.165) is 6.42 Å². The van der Waals surface area contributed by atoms with Gasteiger partial charge in [-0.3, -0.25) is 4.68 Å². The molecule has 0 saturated carbocycles. The summed E-state index contributed by atoms with van der Waals surface area (Å²) in [7, 11) is 0. The standard InChI is InChI=1S/C12H17F2N5/c1-3-9(2)18-7-5-11(17-18)15-8-10-4-6-16-19(10)12(13)14/h4-7,9,12H,3,8H2,1-2H3,(H,15,17). The van der Waals surface area contributed by atoms with E-state index in [-0.39, 0.29) is 6.54 Å². The molecule has 0 amide bonds. The highest BCUT2D eigenvalue weighted by molar-refractivity contribution is 5.33. The highest BCUT2D eigenvalue weighted by atomic mass is 19.3. The van der Waals surface area contributed by atoms with Crippen molar-refractivity contribution in [1.29, 1.82) is 0 Å². The Morgan fingerprint density at radius 3 is 2.84 bits per heavy atom. The van der Waals surface area contributed by atoms with Crippen molar-refractivity contribution in [1.82, 2.24) is 19.6 Å². The van der Waals surface area contributed by atoms with Gasteiger partial charge in [0.1, 0.15) is 5.82 Å². The van der Waals surface area contributed by atoms with Crippen molar-refractivity contribution >= 4 is 5.82 Å². The van der Waals surface area contributed by atoms with E-state index in [4.69, 9.17) is 0 Å². The summed E-state index contributed by atoms with van der Waals surface area (Å²) >= 11 is 0. The largest absolute Gasteiger partial charge is 0.363 e. The van der Waals surface area contributed by atoms with E-state index >= 15 is 0 Å². The molecular weight excluding hydrogens is 252 g/mol. The zero-order valence-electron chi connectivity index (χ0n) is 10.9. The molecule has 0 aromatic carbocycles. The molecule has 1 atom stereocenters. The molecule has 2 rings (SSSR count). The molecule has 19 heavy (non-hydrogen) atoms. The molecule has 0 fully saturated rings. The third-order valence-electron chi connectivity index (χ3n) is 3.04. The van der Waals surface area contributed by atoms with E-state index in [1.165, 1.54) is 6.20 Å². The molecule has 0 saturated heterocycles. The number of aromatic nitrogens is 4. The Labute approximate surface area is 110 Å². The van der Waals surface area contributed by atoms with Crippen LogP contribution in [0.5, 0.6) is 0 Å². The van der Waals surface area contributed by atoms with Gasteiger partial charge in [0.15, 0.2) is 0 Å². The minimum absolute atomic E-state index is 0.266. The molecule has 0 aliphatic carbocycles. The Bertz CT molecular complexity index is 520. The minimum atomic E-state index is -2.62. The zero-order chi connectivity index (χ0) is 13.8. The van der Waals surface area contributed by atoms with Crippen molar-refractivity contribution in [2.75, 3.05) is 5.32 Å². The van der Waals surface area contributed by atoms with E-state index in [0.29, 0.717) is 22.2 Å². The molecule has 0 aliphatic rings. The van der Waals surface area contributed by atoms with E-state index in [9.17, 15) is 8.78 Å². The van der Waals surface area contributed by atoms with Crippen LogP contribution in [0.25, 0.3) is 0 Å². The summed E-state index contributed by atoms with van der Waals surface area (Å²) in [5, 5.41) is 10.9. The lowest BCUT2D eigenvalue weighted by Gasteiger charge is -2.09. The van der Waals surface area contributed by atoms with Crippen molar-refractivity contribution in [2.24, 2.45) is 0 Å². The first kappa shape index (κ1) is 13.5. The molecule has 2 aromatic rings. The van der Waals surface area contributed by atoms with Crippen molar-refractivity contribution in [2.45, 2.75) is 39.4 Å². The first-order valence-electron chi connectivity index (χ1n) is 6.21. The average Bonchev–Trinajstić information content (AvgIpc) is 3.04. The molecule has 1 unspecified atom stereocenters. The van der Waals surface area contributed by atoms with Gasteiger partial charge in [-0.1, -0.05) is 6.92 Å². The van der Waals surface area contributed by atoms with Gasteiger partial charge < -0.3 is 5.32 Å². The number of anilines is 1. The third-order valence-corrected chi connectivity index (χ3v) is 3.04. The van der Waals surface area contributed by atoms with Crippen molar-refractivity contribution in [3.05, 3.63) is 30.2 Å². The fraction of sp³-hybridized carbons (Fsp3) is 0.500. The van der Waals surface area contributed by atoms with Crippen molar-refractivity contribution < 1.29 is 8.78 Å². The summed E-state index contributed by atoms with van der Waals surface area (Å²) in [6.45, 7) is 1.80. The van der Waals surface area contributed by atoms with Crippen LogP contribution in [0.15, 0.2) is 24.5 Å². The lowest BCUT2D eigenvalue weighted by Crippen LogP contribution is -2.10.